The van der Waals surface area contributed by atoms with Gasteiger partial charge in [-0.3, -0.25) is 9.59 Å². The van der Waals surface area contributed by atoms with Crippen molar-refractivity contribution in [2.24, 2.45) is 11.7 Å². The minimum atomic E-state index is -0.593. The molecule has 1 aliphatic heterocycles. The number of nitrogens with two attached hydrogens (primary N) is 1. The second kappa shape index (κ2) is 6.70. The number of aliphatic hydroxyl groups is 1. The molecule has 0 aromatic rings. The van der Waals surface area contributed by atoms with Gasteiger partial charge in [-0.05, 0) is 18.8 Å². The highest BCUT2D eigenvalue weighted by atomic mass is 16.3. The Balaban J connectivity index is 2.39. The number of rotatable bonds is 5. The van der Waals surface area contributed by atoms with Crippen LogP contribution in [0.25, 0.3) is 0 Å². The Kier molecular flexibility index (Phi) is 5.55. The minimum Gasteiger partial charge on any atom is -0.394 e. The van der Waals surface area contributed by atoms with E-state index in [2.05, 4.69) is 5.32 Å². The molecule has 0 saturated carbocycles. The van der Waals surface area contributed by atoms with Crippen molar-refractivity contribution in [1.29, 1.82) is 0 Å². The fraction of sp³-hybridized carbons (Fsp3) is 0.833. The van der Waals surface area contributed by atoms with Gasteiger partial charge >= 0.3 is 0 Å². The summed E-state index contributed by atoms with van der Waals surface area (Å²) in [5.41, 5.74) is 5.68. The van der Waals surface area contributed by atoms with Crippen LogP contribution < -0.4 is 11.1 Å². The summed E-state index contributed by atoms with van der Waals surface area (Å²) in [5.74, 6) is -0.425. The number of hydrogen-bond donors (Lipinski definition) is 3. The summed E-state index contributed by atoms with van der Waals surface area (Å²) in [4.78, 5) is 25.1. The predicted molar refractivity (Wildman–Crippen MR) is 67.6 cm³/mol. The number of nitrogens with one attached hydrogen (secondary N) is 1. The SMILES string of the molecule is CC(C)[C@H](N)C(=O)NCC(=O)N1CCC[C@H]1CO. The Bertz CT molecular complexity index is 307. The molecule has 4 N–H and O–H groups in total. The van der Waals surface area contributed by atoms with Crippen LogP contribution in [0.5, 0.6) is 0 Å². The Morgan fingerprint density at radius 2 is 2.17 bits per heavy atom. The molecule has 104 valence electrons. The first-order valence-corrected chi connectivity index (χ1v) is 6.41. The molecule has 6 heteroatoms. The van der Waals surface area contributed by atoms with Gasteiger partial charge in [0.2, 0.25) is 11.8 Å². The summed E-state index contributed by atoms with van der Waals surface area (Å²) >= 11 is 0. The number of aliphatic hydroxyl groups excluding tert-OH is 1. The Hall–Kier alpha value is -1.14. The average Bonchev–Trinajstić information content (AvgIpc) is 2.82. The molecule has 18 heavy (non-hydrogen) atoms. The van der Waals surface area contributed by atoms with Crippen molar-refractivity contribution < 1.29 is 14.7 Å². The largest absolute Gasteiger partial charge is 0.394 e. The molecular weight excluding hydrogens is 234 g/mol. The highest BCUT2D eigenvalue weighted by Crippen LogP contribution is 2.16. The molecule has 0 unspecified atom stereocenters. The van der Waals surface area contributed by atoms with Crippen LogP contribution in [-0.4, -0.2) is 53.6 Å². The lowest BCUT2D eigenvalue weighted by molar-refractivity contribution is -0.134. The molecule has 0 aliphatic carbocycles. The van der Waals surface area contributed by atoms with Gasteiger partial charge in [0.1, 0.15) is 0 Å². The molecule has 0 radical (unpaired) electrons. The molecule has 6 nitrogen and oxygen atoms in total. The first-order chi connectivity index (χ1) is 8.47. The first kappa shape index (κ1) is 14.9. The molecule has 1 saturated heterocycles. The van der Waals surface area contributed by atoms with Crippen LogP contribution in [0.3, 0.4) is 0 Å². The first-order valence-electron chi connectivity index (χ1n) is 6.41. The van der Waals surface area contributed by atoms with Crippen LogP contribution in [0, 0.1) is 5.92 Å². The van der Waals surface area contributed by atoms with E-state index in [9.17, 15) is 9.59 Å². The van der Waals surface area contributed by atoms with Crippen molar-refractivity contribution in [2.45, 2.75) is 38.8 Å². The normalized spacial score (nSPS) is 21.2. The van der Waals surface area contributed by atoms with Gasteiger partial charge in [-0.25, -0.2) is 0 Å². The molecular formula is C12H23N3O3. The summed E-state index contributed by atoms with van der Waals surface area (Å²) in [6.45, 7) is 4.29. The van der Waals surface area contributed by atoms with Crippen LogP contribution in [0.4, 0.5) is 0 Å². The summed E-state index contributed by atoms with van der Waals surface area (Å²) in [5, 5.41) is 11.7. The van der Waals surface area contributed by atoms with Gasteiger partial charge in [0, 0.05) is 6.54 Å². The van der Waals surface area contributed by atoms with Crippen LogP contribution in [-0.2, 0) is 9.59 Å². The monoisotopic (exact) mass is 257 g/mol. The van der Waals surface area contributed by atoms with E-state index in [1.165, 1.54) is 0 Å². The van der Waals surface area contributed by atoms with E-state index >= 15 is 0 Å². The van der Waals surface area contributed by atoms with Crippen LogP contribution in [0.1, 0.15) is 26.7 Å². The number of carbonyl (C=O) groups is 2. The molecule has 2 atom stereocenters. The third-order valence-corrected chi connectivity index (χ3v) is 3.34. The third kappa shape index (κ3) is 3.68. The summed E-state index contributed by atoms with van der Waals surface area (Å²) in [6, 6.07) is -0.696. The van der Waals surface area contributed by atoms with Crippen LogP contribution in [0.15, 0.2) is 0 Å². The molecule has 1 aliphatic rings. The van der Waals surface area contributed by atoms with Crippen LogP contribution >= 0.6 is 0 Å². The molecule has 1 rings (SSSR count). The minimum absolute atomic E-state index is 0.0226. The Morgan fingerprint density at radius 3 is 2.72 bits per heavy atom. The van der Waals surface area contributed by atoms with E-state index < -0.39 is 6.04 Å². The second-order valence-electron chi connectivity index (χ2n) is 5.05. The van der Waals surface area contributed by atoms with Crippen molar-refractivity contribution in [3.8, 4) is 0 Å². The number of amides is 2. The summed E-state index contributed by atoms with van der Waals surface area (Å²) in [6.07, 6.45) is 1.72. The highest BCUT2D eigenvalue weighted by molar-refractivity contribution is 5.87. The quantitative estimate of drug-likeness (QED) is 0.593. The maximum Gasteiger partial charge on any atom is 0.242 e. The molecule has 0 aromatic heterocycles. The second-order valence-corrected chi connectivity index (χ2v) is 5.05. The van der Waals surface area contributed by atoms with Gasteiger partial charge in [0.25, 0.3) is 0 Å². The van der Waals surface area contributed by atoms with Crippen LogP contribution in [0.2, 0.25) is 0 Å². The Labute approximate surface area is 108 Å². The maximum atomic E-state index is 11.9. The zero-order chi connectivity index (χ0) is 13.7. The zero-order valence-electron chi connectivity index (χ0n) is 11.1. The van der Waals surface area contributed by atoms with E-state index in [0.717, 1.165) is 12.8 Å². The number of likely N-dealkylation sites (tertiary alicyclic amines) is 1. The zero-order valence-corrected chi connectivity index (χ0v) is 11.1. The number of nitrogens with zero attached hydrogens (tertiary/aromatic N) is 1. The molecule has 0 aromatic carbocycles. The predicted octanol–water partition coefficient (Wildman–Crippen LogP) is -0.931. The number of hydrogen-bond acceptors (Lipinski definition) is 4. The average molecular weight is 257 g/mol. The van der Waals surface area contributed by atoms with Gasteiger partial charge in [0.05, 0.1) is 25.2 Å². The standard InChI is InChI=1S/C12H23N3O3/c1-8(2)11(13)12(18)14-6-10(17)15-5-3-4-9(15)7-16/h8-9,11,16H,3-7,13H2,1-2H3,(H,14,18)/t9-,11-/m0/s1. The summed E-state index contributed by atoms with van der Waals surface area (Å²) in [7, 11) is 0. The molecule has 0 spiro atoms. The van der Waals surface area contributed by atoms with Crippen molar-refractivity contribution in [3.63, 3.8) is 0 Å². The lowest BCUT2D eigenvalue weighted by atomic mass is 10.1. The van der Waals surface area contributed by atoms with Crippen molar-refractivity contribution >= 4 is 11.8 Å². The van der Waals surface area contributed by atoms with Gasteiger partial charge in [-0.1, -0.05) is 13.8 Å². The highest BCUT2D eigenvalue weighted by Gasteiger charge is 2.28. The topological polar surface area (TPSA) is 95.7 Å². The van der Waals surface area contributed by atoms with E-state index in [1.807, 2.05) is 13.8 Å². The van der Waals surface area contributed by atoms with Gasteiger partial charge in [-0.2, -0.15) is 0 Å². The summed E-state index contributed by atoms with van der Waals surface area (Å²) < 4.78 is 0. The van der Waals surface area contributed by atoms with Crippen molar-refractivity contribution in [1.82, 2.24) is 10.2 Å². The molecule has 2 amide bonds. The molecule has 0 bridgehead atoms. The van der Waals surface area contributed by atoms with Crippen molar-refractivity contribution in [3.05, 3.63) is 0 Å². The molecule has 1 heterocycles. The van der Waals surface area contributed by atoms with E-state index in [-0.39, 0.29) is 36.9 Å². The fourth-order valence-electron chi connectivity index (χ4n) is 2.04. The van der Waals surface area contributed by atoms with Gasteiger partial charge in [0.15, 0.2) is 0 Å². The number of carbonyl (C=O) groups excluding carboxylic acids is 2. The van der Waals surface area contributed by atoms with Crippen molar-refractivity contribution in [2.75, 3.05) is 19.7 Å². The Morgan fingerprint density at radius 1 is 1.50 bits per heavy atom. The molecule has 1 fully saturated rings. The smallest absolute Gasteiger partial charge is 0.242 e. The third-order valence-electron chi connectivity index (χ3n) is 3.34. The van der Waals surface area contributed by atoms with E-state index in [1.54, 1.807) is 4.90 Å². The maximum absolute atomic E-state index is 11.9. The van der Waals surface area contributed by atoms with E-state index in [0.29, 0.717) is 6.54 Å². The lowest BCUT2D eigenvalue weighted by Crippen LogP contribution is -2.49. The van der Waals surface area contributed by atoms with Gasteiger partial charge < -0.3 is 21.1 Å². The lowest BCUT2D eigenvalue weighted by Gasteiger charge is -2.23. The van der Waals surface area contributed by atoms with Gasteiger partial charge in [-0.15, -0.1) is 0 Å². The fourth-order valence-corrected chi connectivity index (χ4v) is 2.04. The van der Waals surface area contributed by atoms with E-state index in [4.69, 9.17) is 10.8 Å².